The molecule has 0 fully saturated rings. The maximum Gasteiger partial charge on any atom is 0.319 e. The molecule has 0 aliphatic carbocycles. The van der Waals surface area contributed by atoms with Gasteiger partial charge in [0.2, 0.25) is 0 Å². The molecule has 0 spiro atoms. The normalized spacial score (nSPS) is 10.2. The second-order valence-corrected chi connectivity index (χ2v) is 2.49. The Morgan fingerprint density at radius 1 is 1.36 bits per heavy atom. The fraction of sp³-hybridized carbons (Fsp3) is 0.571. The number of ether oxygens (including phenoxy) is 1. The van der Waals surface area contributed by atoms with Crippen molar-refractivity contribution in [3.63, 3.8) is 0 Å². The van der Waals surface area contributed by atoms with Gasteiger partial charge in [-0.3, -0.25) is 0 Å². The maximum atomic E-state index is 4.84. The summed E-state index contributed by atoms with van der Waals surface area (Å²) in [5.74, 6) is 1.07. The number of hydrogen-bond acceptors (Lipinski definition) is 4. The smallest absolute Gasteiger partial charge is 0.319 e. The number of methoxy groups -OCH3 is 1. The van der Waals surface area contributed by atoms with Gasteiger partial charge >= 0.3 is 6.01 Å². The van der Waals surface area contributed by atoms with E-state index in [1.54, 1.807) is 7.11 Å². The maximum absolute atomic E-state index is 4.84. The van der Waals surface area contributed by atoms with Gasteiger partial charge in [0, 0.05) is 5.92 Å². The molecule has 0 aliphatic heterocycles. The second kappa shape index (κ2) is 3.27. The molecule has 0 radical (unpaired) electrons. The van der Waals surface area contributed by atoms with Crippen LogP contribution in [0.1, 0.15) is 25.6 Å². The van der Waals surface area contributed by atoms with Crippen LogP contribution in [0.3, 0.4) is 0 Å². The van der Waals surface area contributed by atoms with Gasteiger partial charge in [0.1, 0.15) is 12.2 Å². The molecule has 0 N–H and O–H groups in total. The number of nitrogens with zero attached hydrogens (tertiary/aromatic N) is 3. The van der Waals surface area contributed by atoms with E-state index in [0.717, 1.165) is 5.82 Å². The summed E-state index contributed by atoms with van der Waals surface area (Å²) in [5, 5.41) is 0. The molecule has 0 bridgehead atoms. The highest BCUT2D eigenvalue weighted by atomic mass is 16.5. The number of rotatable bonds is 2. The Morgan fingerprint density at radius 2 is 2.09 bits per heavy atom. The van der Waals surface area contributed by atoms with Crippen molar-refractivity contribution in [1.29, 1.82) is 0 Å². The standard InChI is InChI=1S/C7H11N3O/c1-5(2)6-8-4-9-7(10-6)11-3/h4-5H,1-3H3. The lowest BCUT2D eigenvalue weighted by atomic mass is 10.2. The van der Waals surface area contributed by atoms with Crippen molar-refractivity contribution in [3.05, 3.63) is 12.2 Å². The third-order valence-electron chi connectivity index (χ3n) is 1.27. The van der Waals surface area contributed by atoms with Gasteiger partial charge in [-0.05, 0) is 0 Å². The van der Waals surface area contributed by atoms with Gasteiger partial charge in [-0.25, -0.2) is 4.98 Å². The molecule has 1 heterocycles. The predicted octanol–water partition coefficient (Wildman–Crippen LogP) is 1.00. The number of hydrogen-bond donors (Lipinski definition) is 0. The van der Waals surface area contributed by atoms with Crippen LogP contribution in [-0.2, 0) is 0 Å². The van der Waals surface area contributed by atoms with Crippen molar-refractivity contribution in [3.8, 4) is 6.01 Å². The van der Waals surface area contributed by atoms with Crippen molar-refractivity contribution in [1.82, 2.24) is 15.0 Å². The minimum absolute atomic E-state index is 0.312. The summed E-state index contributed by atoms with van der Waals surface area (Å²) in [5.41, 5.74) is 0. The molecular formula is C7H11N3O. The zero-order chi connectivity index (χ0) is 8.27. The SMILES string of the molecule is COc1ncnc(C(C)C)n1. The molecule has 60 valence electrons. The highest BCUT2D eigenvalue weighted by molar-refractivity contribution is 4.98. The van der Waals surface area contributed by atoms with Crippen LogP contribution < -0.4 is 4.74 Å². The summed E-state index contributed by atoms with van der Waals surface area (Å²) in [6, 6.07) is 0.378. The van der Waals surface area contributed by atoms with Crippen LogP contribution in [0.5, 0.6) is 6.01 Å². The van der Waals surface area contributed by atoms with Crippen LogP contribution in [-0.4, -0.2) is 22.1 Å². The van der Waals surface area contributed by atoms with Crippen LogP contribution in [0.4, 0.5) is 0 Å². The quantitative estimate of drug-likeness (QED) is 0.636. The summed E-state index contributed by atoms with van der Waals surface area (Å²) in [4.78, 5) is 11.8. The average molecular weight is 153 g/mol. The molecular weight excluding hydrogens is 142 g/mol. The second-order valence-electron chi connectivity index (χ2n) is 2.49. The van der Waals surface area contributed by atoms with Crippen molar-refractivity contribution < 1.29 is 4.74 Å². The Balaban J connectivity index is 2.91. The van der Waals surface area contributed by atoms with E-state index in [1.807, 2.05) is 13.8 Å². The van der Waals surface area contributed by atoms with Gasteiger partial charge in [-0.15, -0.1) is 0 Å². The summed E-state index contributed by atoms with van der Waals surface area (Å²) < 4.78 is 4.84. The van der Waals surface area contributed by atoms with E-state index < -0.39 is 0 Å². The van der Waals surface area contributed by atoms with E-state index in [0.29, 0.717) is 11.9 Å². The first-order valence-corrected chi connectivity index (χ1v) is 3.47. The molecule has 1 aromatic rings. The first kappa shape index (κ1) is 7.91. The van der Waals surface area contributed by atoms with Gasteiger partial charge in [-0.1, -0.05) is 13.8 Å². The van der Waals surface area contributed by atoms with E-state index in [2.05, 4.69) is 15.0 Å². The fourth-order valence-corrected chi connectivity index (χ4v) is 0.670. The molecule has 1 rings (SSSR count). The summed E-state index contributed by atoms with van der Waals surface area (Å²) in [6.45, 7) is 4.05. The Labute approximate surface area is 65.7 Å². The minimum Gasteiger partial charge on any atom is -0.467 e. The molecule has 0 saturated carbocycles. The van der Waals surface area contributed by atoms with E-state index in [9.17, 15) is 0 Å². The van der Waals surface area contributed by atoms with Crippen LogP contribution in [0, 0.1) is 0 Å². The minimum atomic E-state index is 0.312. The Hall–Kier alpha value is -1.19. The first-order valence-electron chi connectivity index (χ1n) is 3.47. The Morgan fingerprint density at radius 3 is 2.64 bits per heavy atom. The fourth-order valence-electron chi connectivity index (χ4n) is 0.670. The van der Waals surface area contributed by atoms with E-state index in [-0.39, 0.29) is 0 Å². The Kier molecular flexibility index (Phi) is 2.36. The Bertz CT molecular complexity index is 237. The van der Waals surface area contributed by atoms with Crippen LogP contribution in [0.15, 0.2) is 6.33 Å². The van der Waals surface area contributed by atoms with Crippen molar-refractivity contribution in [2.24, 2.45) is 0 Å². The third-order valence-corrected chi connectivity index (χ3v) is 1.27. The predicted molar refractivity (Wildman–Crippen MR) is 40.5 cm³/mol. The molecule has 0 unspecified atom stereocenters. The first-order chi connectivity index (χ1) is 5.24. The molecule has 0 atom stereocenters. The lowest BCUT2D eigenvalue weighted by molar-refractivity contribution is 0.374. The molecule has 4 nitrogen and oxygen atoms in total. The zero-order valence-electron chi connectivity index (χ0n) is 6.90. The van der Waals surface area contributed by atoms with Gasteiger partial charge in [0.15, 0.2) is 0 Å². The van der Waals surface area contributed by atoms with Gasteiger partial charge < -0.3 is 4.74 Å². The lowest BCUT2D eigenvalue weighted by Crippen LogP contribution is -2.00. The van der Waals surface area contributed by atoms with Crippen LogP contribution >= 0.6 is 0 Å². The van der Waals surface area contributed by atoms with Crippen molar-refractivity contribution in [2.45, 2.75) is 19.8 Å². The van der Waals surface area contributed by atoms with E-state index >= 15 is 0 Å². The molecule has 0 amide bonds. The van der Waals surface area contributed by atoms with E-state index in [1.165, 1.54) is 6.33 Å². The average Bonchev–Trinajstić information content (AvgIpc) is 2.05. The molecule has 1 aromatic heterocycles. The van der Waals surface area contributed by atoms with E-state index in [4.69, 9.17) is 4.74 Å². The molecule has 0 aromatic carbocycles. The number of aromatic nitrogens is 3. The molecule has 0 aliphatic rings. The highest BCUT2D eigenvalue weighted by Crippen LogP contribution is 2.09. The molecule has 11 heavy (non-hydrogen) atoms. The van der Waals surface area contributed by atoms with Crippen LogP contribution in [0.2, 0.25) is 0 Å². The van der Waals surface area contributed by atoms with Gasteiger partial charge in [0.25, 0.3) is 0 Å². The lowest BCUT2D eigenvalue weighted by Gasteiger charge is -2.02. The molecule has 0 saturated heterocycles. The summed E-state index contributed by atoms with van der Waals surface area (Å²) in [6.07, 6.45) is 1.46. The monoisotopic (exact) mass is 153 g/mol. The van der Waals surface area contributed by atoms with Crippen molar-refractivity contribution in [2.75, 3.05) is 7.11 Å². The van der Waals surface area contributed by atoms with Gasteiger partial charge in [0.05, 0.1) is 7.11 Å². The van der Waals surface area contributed by atoms with Gasteiger partial charge in [-0.2, -0.15) is 9.97 Å². The largest absolute Gasteiger partial charge is 0.467 e. The highest BCUT2D eigenvalue weighted by Gasteiger charge is 2.03. The summed E-state index contributed by atoms with van der Waals surface area (Å²) >= 11 is 0. The van der Waals surface area contributed by atoms with Crippen molar-refractivity contribution >= 4 is 0 Å². The van der Waals surface area contributed by atoms with Crippen LogP contribution in [0.25, 0.3) is 0 Å². The zero-order valence-corrected chi connectivity index (χ0v) is 6.90. The topological polar surface area (TPSA) is 47.9 Å². The summed E-state index contributed by atoms with van der Waals surface area (Å²) in [7, 11) is 1.54. The third kappa shape index (κ3) is 1.86. The molecule has 4 heteroatoms.